The summed E-state index contributed by atoms with van der Waals surface area (Å²) in [6.07, 6.45) is 4.71. The van der Waals surface area contributed by atoms with Gasteiger partial charge < -0.3 is 5.32 Å². The van der Waals surface area contributed by atoms with Crippen LogP contribution in [0.3, 0.4) is 0 Å². The molecule has 0 aliphatic heterocycles. The molecule has 0 spiro atoms. The van der Waals surface area contributed by atoms with Crippen LogP contribution in [0, 0.1) is 0 Å². The number of carbonyl (C=O) groups is 1. The number of fused-ring (bicyclic) bond motifs is 1. The van der Waals surface area contributed by atoms with Crippen molar-refractivity contribution in [1.29, 1.82) is 0 Å². The molecule has 0 aliphatic rings. The summed E-state index contributed by atoms with van der Waals surface area (Å²) in [5, 5.41) is 3.64. The van der Waals surface area contributed by atoms with E-state index < -0.39 is 0 Å². The molecule has 2 heterocycles. The fourth-order valence-electron chi connectivity index (χ4n) is 2.95. The topological polar surface area (TPSA) is 64.0 Å². The fraction of sp³-hybridized carbons (Fsp3) is 0.286. The van der Waals surface area contributed by atoms with Crippen molar-refractivity contribution < 1.29 is 4.79 Å². The Hall–Kier alpha value is -2.95. The lowest BCUT2D eigenvalue weighted by atomic mass is 10.1. The molecular formula is C21H23N3O2. The second-order valence-corrected chi connectivity index (χ2v) is 6.31. The van der Waals surface area contributed by atoms with Gasteiger partial charge in [-0.25, -0.2) is 4.98 Å². The van der Waals surface area contributed by atoms with Crippen LogP contribution in [0.15, 0.2) is 59.5 Å². The Bertz CT molecular complexity index is 948. The SMILES string of the molecule is CCCCCNC(=O)c1cc2cccnc2n(Cc2ccccc2)c1=O. The van der Waals surface area contributed by atoms with Gasteiger partial charge in [0.25, 0.3) is 11.5 Å². The van der Waals surface area contributed by atoms with Crippen molar-refractivity contribution in [3.05, 3.63) is 76.2 Å². The number of pyridine rings is 2. The molecule has 1 amide bonds. The molecule has 2 aromatic heterocycles. The predicted molar refractivity (Wildman–Crippen MR) is 103 cm³/mol. The van der Waals surface area contributed by atoms with Crippen LogP contribution in [0.5, 0.6) is 0 Å². The smallest absolute Gasteiger partial charge is 0.265 e. The van der Waals surface area contributed by atoms with E-state index in [9.17, 15) is 9.59 Å². The van der Waals surface area contributed by atoms with E-state index in [-0.39, 0.29) is 17.0 Å². The highest BCUT2D eigenvalue weighted by molar-refractivity contribution is 5.96. The first-order valence-electron chi connectivity index (χ1n) is 9.01. The third-order valence-electron chi connectivity index (χ3n) is 4.34. The van der Waals surface area contributed by atoms with Crippen molar-refractivity contribution >= 4 is 16.9 Å². The van der Waals surface area contributed by atoms with Gasteiger partial charge in [0.1, 0.15) is 11.2 Å². The van der Waals surface area contributed by atoms with Crippen molar-refractivity contribution in [2.75, 3.05) is 6.54 Å². The van der Waals surface area contributed by atoms with Gasteiger partial charge in [-0.05, 0) is 30.2 Å². The summed E-state index contributed by atoms with van der Waals surface area (Å²) >= 11 is 0. The molecule has 5 heteroatoms. The fourth-order valence-corrected chi connectivity index (χ4v) is 2.95. The molecule has 0 saturated carbocycles. The molecule has 3 rings (SSSR count). The van der Waals surface area contributed by atoms with E-state index in [1.54, 1.807) is 16.8 Å². The minimum Gasteiger partial charge on any atom is -0.352 e. The second kappa shape index (κ2) is 8.43. The van der Waals surface area contributed by atoms with Gasteiger partial charge in [-0.3, -0.25) is 14.2 Å². The van der Waals surface area contributed by atoms with Crippen LogP contribution in [0.1, 0.15) is 42.1 Å². The maximum atomic E-state index is 13.0. The number of benzene rings is 1. The molecule has 0 unspecified atom stereocenters. The van der Waals surface area contributed by atoms with E-state index in [4.69, 9.17) is 0 Å². The highest BCUT2D eigenvalue weighted by Gasteiger charge is 2.16. The van der Waals surface area contributed by atoms with Crippen LogP contribution in [0.25, 0.3) is 11.0 Å². The summed E-state index contributed by atoms with van der Waals surface area (Å²) in [7, 11) is 0. The number of aromatic nitrogens is 2. The molecule has 0 saturated heterocycles. The summed E-state index contributed by atoms with van der Waals surface area (Å²) in [5.41, 5.74) is 1.43. The number of hydrogen-bond acceptors (Lipinski definition) is 3. The predicted octanol–water partition coefficient (Wildman–Crippen LogP) is 3.36. The molecule has 0 fully saturated rings. The molecule has 0 radical (unpaired) electrons. The second-order valence-electron chi connectivity index (χ2n) is 6.31. The van der Waals surface area contributed by atoms with E-state index in [1.165, 1.54) is 0 Å². The Labute approximate surface area is 152 Å². The third kappa shape index (κ3) is 3.99. The van der Waals surface area contributed by atoms with Crippen LogP contribution in [0.2, 0.25) is 0 Å². The van der Waals surface area contributed by atoms with Gasteiger partial charge in [-0.2, -0.15) is 0 Å². The highest BCUT2D eigenvalue weighted by atomic mass is 16.2. The van der Waals surface area contributed by atoms with Gasteiger partial charge in [0, 0.05) is 18.1 Å². The number of nitrogens with zero attached hydrogens (tertiary/aromatic N) is 2. The molecule has 1 aromatic carbocycles. The molecule has 26 heavy (non-hydrogen) atoms. The van der Waals surface area contributed by atoms with Crippen LogP contribution in [-0.2, 0) is 6.54 Å². The number of amides is 1. The van der Waals surface area contributed by atoms with Gasteiger partial charge in [0.05, 0.1) is 6.54 Å². The molecular weight excluding hydrogens is 326 g/mol. The van der Waals surface area contributed by atoms with E-state index in [1.807, 2.05) is 42.5 Å². The average molecular weight is 349 g/mol. The number of hydrogen-bond donors (Lipinski definition) is 1. The third-order valence-corrected chi connectivity index (χ3v) is 4.34. The van der Waals surface area contributed by atoms with Crippen LogP contribution >= 0.6 is 0 Å². The van der Waals surface area contributed by atoms with Gasteiger partial charge >= 0.3 is 0 Å². The molecule has 1 N–H and O–H groups in total. The average Bonchev–Trinajstić information content (AvgIpc) is 2.68. The Morgan fingerprint density at radius 1 is 1.12 bits per heavy atom. The maximum Gasteiger partial charge on any atom is 0.265 e. The standard InChI is InChI=1S/C21H23N3O2/c1-2-3-7-12-23-20(25)18-14-17-11-8-13-22-19(17)24(21(18)26)15-16-9-5-4-6-10-16/h4-6,8-11,13-14H,2-3,7,12,15H2,1H3,(H,23,25). The van der Waals surface area contributed by atoms with Crippen LogP contribution in [0.4, 0.5) is 0 Å². The summed E-state index contributed by atoms with van der Waals surface area (Å²) in [6, 6.07) is 15.0. The first kappa shape index (κ1) is 17.9. The lowest BCUT2D eigenvalue weighted by Crippen LogP contribution is -2.34. The monoisotopic (exact) mass is 349 g/mol. The number of rotatable bonds is 7. The molecule has 0 atom stereocenters. The van der Waals surface area contributed by atoms with Crippen molar-refractivity contribution in [1.82, 2.24) is 14.9 Å². The van der Waals surface area contributed by atoms with Crippen LogP contribution in [-0.4, -0.2) is 22.0 Å². The van der Waals surface area contributed by atoms with E-state index in [0.717, 1.165) is 30.2 Å². The van der Waals surface area contributed by atoms with Crippen LogP contribution < -0.4 is 10.9 Å². The van der Waals surface area contributed by atoms with Gasteiger partial charge in [0.15, 0.2) is 0 Å². The first-order valence-corrected chi connectivity index (χ1v) is 9.01. The molecule has 5 nitrogen and oxygen atoms in total. The van der Waals surface area contributed by atoms with Gasteiger partial charge in [-0.15, -0.1) is 0 Å². The quantitative estimate of drug-likeness (QED) is 0.665. The number of carbonyl (C=O) groups excluding carboxylic acids is 1. The molecule has 3 aromatic rings. The zero-order valence-corrected chi connectivity index (χ0v) is 14.9. The normalized spacial score (nSPS) is 10.8. The van der Waals surface area contributed by atoms with Crippen molar-refractivity contribution in [2.24, 2.45) is 0 Å². The number of nitrogens with one attached hydrogen (secondary N) is 1. The van der Waals surface area contributed by atoms with Gasteiger partial charge in [0.2, 0.25) is 0 Å². The van der Waals surface area contributed by atoms with Crippen molar-refractivity contribution in [3.8, 4) is 0 Å². The van der Waals surface area contributed by atoms with E-state index in [0.29, 0.717) is 18.7 Å². The number of unbranched alkanes of at least 4 members (excludes halogenated alkanes) is 2. The largest absolute Gasteiger partial charge is 0.352 e. The Balaban J connectivity index is 1.98. The maximum absolute atomic E-state index is 13.0. The Morgan fingerprint density at radius 3 is 2.69 bits per heavy atom. The Kier molecular flexibility index (Phi) is 5.79. The van der Waals surface area contributed by atoms with Gasteiger partial charge in [-0.1, -0.05) is 50.1 Å². The Morgan fingerprint density at radius 2 is 1.92 bits per heavy atom. The minimum absolute atomic E-state index is 0.165. The molecule has 134 valence electrons. The zero-order chi connectivity index (χ0) is 18.4. The lowest BCUT2D eigenvalue weighted by molar-refractivity contribution is 0.0951. The van der Waals surface area contributed by atoms with E-state index >= 15 is 0 Å². The summed E-state index contributed by atoms with van der Waals surface area (Å²) in [5.74, 6) is -0.321. The van der Waals surface area contributed by atoms with Crippen molar-refractivity contribution in [3.63, 3.8) is 0 Å². The zero-order valence-electron chi connectivity index (χ0n) is 14.9. The molecule has 0 aliphatic carbocycles. The summed E-state index contributed by atoms with van der Waals surface area (Å²) in [6.45, 7) is 3.07. The van der Waals surface area contributed by atoms with E-state index in [2.05, 4.69) is 17.2 Å². The lowest BCUT2D eigenvalue weighted by Gasteiger charge is -2.12. The first-order chi connectivity index (χ1) is 12.7. The van der Waals surface area contributed by atoms with Crippen molar-refractivity contribution in [2.45, 2.75) is 32.7 Å². The molecule has 0 bridgehead atoms. The summed E-state index contributed by atoms with van der Waals surface area (Å²) in [4.78, 5) is 29.9. The highest BCUT2D eigenvalue weighted by Crippen LogP contribution is 2.13. The minimum atomic E-state index is -0.321. The summed E-state index contributed by atoms with van der Waals surface area (Å²) < 4.78 is 1.58.